The largest absolute Gasteiger partial charge is 0.351 e. The summed E-state index contributed by atoms with van der Waals surface area (Å²) in [6.07, 6.45) is 11.9. The van der Waals surface area contributed by atoms with E-state index in [9.17, 15) is 9.59 Å². The van der Waals surface area contributed by atoms with Crippen LogP contribution in [0.15, 0.2) is 24.0 Å². The van der Waals surface area contributed by atoms with Crippen molar-refractivity contribution in [2.45, 2.75) is 57.0 Å². The highest BCUT2D eigenvalue weighted by molar-refractivity contribution is 5.80. The summed E-state index contributed by atoms with van der Waals surface area (Å²) < 4.78 is 1.92. The predicted molar refractivity (Wildman–Crippen MR) is 91.1 cm³/mol. The van der Waals surface area contributed by atoms with E-state index in [1.165, 1.54) is 18.4 Å². The lowest BCUT2D eigenvalue weighted by molar-refractivity contribution is -0.137. The van der Waals surface area contributed by atoms with Gasteiger partial charge in [0, 0.05) is 39.3 Å². The van der Waals surface area contributed by atoms with Crippen molar-refractivity contribution in [1.82, 2.24) is 19.8 Å². The van der Waals surface area contributed by atoms with Gasteiger partial charge < -0.3 is 14.8 Å². The molecule has 24 heavy (non-hydrogen) atoms. The second kappa shape index (κ2) is 7.20. The third kappa shape index (κ3) is 3.52. The number of rotatable bonds is 4. The molecule has 6 nitrogen and oxygen atoms in total. The van der Waals surface area contributed by atoms with Crippen LogP contribution in [0.1, 0.15) is 56.8 Å². The molecule has 0 unspecified atom stereocenters. The Morgan fingerprint density at radius 3 is 2.83 bits per heavy atom. The van der Waals surface area contributed by atoms with Gasteiger partial charge >= 0.3 is 0 Å². The molecule has 3 rings (SSSR count). The topological polar surface area (TPSA) is 67.2 Å². The first kappa shape index (κ1) is 16.7. The minimum Gasteiger partial charge on any atom is -0.351 e. The first-order valence-corrected chi connectivity index (χ1v) is 8.76. The summed E-state index contributed by atoms with van der Waals surface area (Å²) in [5.41, 5.74) is 1.24. The molecule has 1 N–H and O–H groups in total. The van der Waals surface area contributed by atoms with E-state index in [2.05, 4.69) is 16.4 Å². The monoisotopic (exact) mass is 330 g/mol. The molecule has 2 amide bonds. The van der Waals surface area contributed by atoms with Gasteiger partial charge in [-0.15, -0.1) is 0 Å². The second-order valence-corrected chi connectivity index (χ2v) is 6.84. The fraction of sp³-hybridized carbons (Fsp3) is 0.611. The fourth-order valence-electron chi connectivity index (χ4n) is 3.73. The summed E-state index contributed by atoms with van der Waals surface area (Å²) in [7, 11) is 3.71. The Bertz CT molecular complexity index is 649. The summed E-state index contributed by atoms with van der Waals surface area (Å²) in [5.74, 6) is 0.964. The number of allylic oxidation sites excluding steroid dienone is 1. The summed E-state index contributed by atoms with van der Waals surface area (Å²) >= 11 is 0. The van der Waals surface area contributed by atoms with Crippen molar-refractivity contribution in [2.24, 2.45) is 7.05 Å². The zero-order valence-corrected chi connectivity index (χ0v) is 14.5. The second-order valence-electron chi connectivity index (χ2n) is 6.84. The third-order valence-corrected chi connectivity index (χ3v) is 5.10. The summed E-state index contributed by atoms with van der Waals surface area (Å²) in [4.78, 5) is 30.7. The number of piperidine rings is 1. The number of aryl methyl sites for hydroxylation is 1. The number of hydrogen-bond donors (Lipinski definition) is 1. The van der Waals surface area contributed by atoms with Crippen molar-refractivity contribution in [3.8, 4) is 0 Å². The molecule has 1 aromatic rings. The smallest absolute Gasteiger partial charge is 0.224 e. The number of likely N-dealkylation sites (N-methyl/N-ethyl adjacent to an activating group) is 1. The van der Waals surface area contributed by atoms with Crippen LogP contribution in [0.25, 0.3) is 0 Å². The number of aromatic nitrogens is 2. The molecule has 1 aromatic heterocycles. The normalized spacial score (nSPS) is 24.7. The standard InChI is InChI=1S/C18H26N4O2/c1-21-11-10-19-18(21)17-14(8-9-16(24)22(17)2)20-15(23)12-13-6-4-3-5-7-13/h6,10-11,14,17H,3-5,7-9,12H2,1-2H3,(H,20,23)/t14-,17-/m1/s1. The summed E-state index contributed by atoms with van der Waals surface area (Å²) in [6.45, 7) is 0. The SMILES string of the molecule is CN1C(=O)CC[C@@H](NC(=O)CC2=CCCCC2)[C@@H]1c1nccn1C. The lowest BCUT2D eigenvalue weighted by atomic mass is 9.94. The van der Waals surface area contributed by atoms with Crippen molar-refractivity contribution in [3.05, 3.63) is 29.9 Å². The predicted octanol–water partition coefficient (Wildman–Crippen LogP) is 2.09. The van der Waals surface area contributed by atoms with Gasteiger partial charge in [-0.25, -0.2) is 4.98 Å². The maximum atomic E-state index is 12.5. The van der Waals surface area contributed by atoms with Gasteiger partial charge in [0.2, 0.25) is 11.8 Å². The van der Waals surface area contributed by atoms with Crippen LogP contribution in [-0.2, 0) is 16.6 Å². The van der Waals surface area contributed by atoms with Gasteiger partial charge in [0.1, 0.15) is 11.9 Å². The van der Waals surface area contributed by atoms with Crippen LogP contribution in [0.4, 0.5) is 0 Å². The van der Waals surface area contributed by atoms with E-state index in [0.29, 0.717) is 19.3 Å². The van der Waals surface area contributed by atoms with E-state index in [0.717, 1.165) is 18.7 Å². The highest BCUT2D eigenvalue weighted by atomic mass is 16.2. The molecule has 2 atom stereocenters. The van der Waals surface area contributed by atoms with Crippen molar-refractivity contribution in [3.63, 3.8) is 0 Å². The maximum Gasteiger partial charge on any atom is 0.224 e. The van der Waals surface area contributed by atoms with Crippen LogP contribution in [0.3, 0.4) is 0 Å². The molecule has 0 radical (unpaired) electrons. The number of amides is 2. The van der Waals surface area contributed by atoms with E-state index < -0.39 is 0 Å². The number of carbonyl (C=O) groups is 2. The van der Waals surface area contributed by atoms with Crippen molar-refractivity contribution >= 4 is 11.8 Å². The van der Waals surface area contributed by atoms with Gasteiger partial charge in [-0.3, -0.25) is 9.59 Å². The Labute approximate surface area is 142 Å². The van der Waals surface area contributed by atoms with Gasteiger partial charge in [0.25, 0.3) is 0 Å². The molecule has 2 aliphatic rings. The number of carbonyl (C=O) groups excluding carboxylic acids is 2. The first-order chi connectivity index (χ1) is 11.6. The third-order valence-electron chi connectivity index (χ3n) is 5.10. The minimum absolute atomic E-state index is 0.0510. The lowest BCUT2D eigenvalue weighted by Crippen LogP contribution is -2.51. The Balaban J connectivity index is 1.72. The molecule has 0 bridgehead atoms. The minimum atomic E-state index is -0.212. The quantitative estimate of drug-likeness (QED) is 0.860. The van der Waals surface area contributed by atoms with Crippen LogP contribution in [0, 0.1) is 0 Å². The Kier molecular flexibility index (Phi) is 5.02. The van der Waals surface area contributed by atoms with Crippen LogP contribution in [0.5, 0.6) is 0 Å². The molecule has 1 aliphatic carbocycles. The molecule has 130 valence electrons. The molecular weight excluding hydrogens is 304 g/mol. The Hall–Kier alpha value is -2.11. The maximum absolute atomic E-state index is 12.5. The van der Waals surface area contributed by atoms with Gasteiger partial charge in [0.05, 0.1) is 6.04 Å². The molecule has 1 saturated heterocycles. The zero-order valence-electron chi connectivity index (χ0n) is 14.5. The van der Waals surface area contributed by atoms with Crippen LogP contribution >= 0.6 is 0 Å². The van der Waals surface area contributed by atoms with Crippen molar-refractivity contribution in [1.29, 1.82) is 0 Å². The van der Waals surface area contributed by atoms with Gasteiger partial charge in [-0.2, -0.15) is 0 Å². The number of hydrogen-bond acceptors (Lipinski definition) is 3. The van der Waals surface area contributed by atoms with E-state index in [-0.39, 0.29) is 23.9 Å². The van der Waals surface area contributed by atoms with Crippen LogP contribution in [0.2, 0.25) is 0 Å². The molecule has 0 spiro atoms. The van der Waals surface area contributed by atoms with E-state index in [4.69, 9.17) is 0 Å². The van der Waals surface area contributed by atoms with Gasteiger partial charge in [0.15, 0.2) is 0 Å². The lowest BCUT2D eigenvalue weighted by Gasteiger charge is -2.38. The molecule has 1 fully saturated rings. The van der Waals surface area contributed by atoms with Gasteiger partial charge in [-0.05, 0) is 32.1 Å². The zero-order chi connectivity index (χ0) is 17.1. The summed E-state index contributed by atoms with van der Waals surface area (Å²) in [6, 6.07) is -0.305. The number of imidazole rings is 1. The molecular formula is C18H26N4O2. The highest BCUT2D eigenvalue weighted by Crippen LogP contribution is 2.30. The molecule has 2 heterocycles. The molecule has 0 aromatic carbocycles. The summed E-state index contributed by atoms with van der Waals surface area (Å²) in [5, 5.41) is 3.16. The number of nitrogens with one attached hydrogen (secondary N) is 1. The number of nitrogens with zero attached hydrogens (tertiary/aromatic N) is 3. The molecule has 1 aliphatic heterocycles. The molecule has 0 saturated carbocycles. The van der Waals surface area contributed by atoms with E-state index in [1.807, 2.05) is 17.8 Å². The molecule has 6 heteroatoms. The van der Waals surface area contributed by atoms with E-state index in [1.54, 1.807) is 18.1 Å². The van der Waals surface area contributed by atoms with E-state index >= 15 is 0 Å². The van der Waals surface area contributed by atoms with Crippen molar-refractivity contribution < 1.29 is 9.59 Å². The fourth-order valence-corrected chi connectivity index (χ4v) is 3.73. The van der Waals surface area contributed by atoms with Crippen LogP contribution < -0.4 is 5.32 Å². The Morgan fingerprint density at radius 2 is 2.17 bits per heavy atom. The highest BCUT2D eigenvalue weighted by Gasteiger charge is 2.37. The van der Waals surface area contributed by atoms with Crippen molar-refractivity contribution in [2.75, 3.05) is 7.05 Å². The average molecular weight is 330 g/mol. The van der Waals surface area contributed by atoms with Gasteiger partial charge in [-0.1, -0.05) is 11.6 Å². The first-order valence-electron chi connectivity index (χ1n) is 8.76. The average Bonchev–Trinajstić information content (AvgIpc) is 2.98. The number of likely N-dealkylation sites (tertiary alicyclic amines) is 1. The van der Waals surface area contributed by atoms with Crippen LogP contribution in [-0.4, -0.2) is 39.4 Å². The Morgan fingerprint density at radius 1 is 1.33 bits per heavy atom.